The normalized spacial score (nSPS) is 24.5. The molecule has 0 spiro atoms. The summed E-state index contributed by atoms with van der Waals surface area (Å²) >= 11 is 1.73. The number of hydrogen-bond donors (Lipinski definition) is 0. The van der Waals surface area contributed by atoms with Crippen LogP contribution in [0.4, 0.5) is 14.9 Å². The molecule has 4 aliphatic rings. The maximum absolute atomic E-state index is 13.0. The van der Waals surface area contributed by atoms with E-state index in [2.05, 4.69) is 22.0 Å². The van der Waals surface area contributed by atoms with Crippen molar-refractivity contribution in [2.75, 3.05) is 37.7 Å². The van der Waals surface area contributed by atoms with Gasteiger partial charge in [-0.1, -0.05) is 0 Å². The third kappa shape index (κ3) is 3.67. The first-order valence-electron chi connectivity index (χ1n) is 11.2. The molecule has 0 atom stereocenters. The molecule has 2 fully saturated rings. The van der Waals surface area contributed by atoms with Gasteiger partial charge in [-0.25, -0.2) is 14.2 Å². The molecule has 2 aliphatic carbocycles. The molecule has 4 heterocycles. The van der Waals surface area contributed by atoms with Crippen molar-refractivity contribution in [2.45, 2.75) is 44.6 Å². The molecule has 6 rings (SSSR count). The predicted molar refractivity (Wildman–Crippen MR) is 119 cm³/mol. The molecule has 0 bridgehead atoms. The van der Waals surface area contributed by atoms with Gasteiger partial charge >= 0.3 is 6.09 Å². The number of ether oxygens (including phenoxy) is 2. The van der Waals surface area contributed by atoms with Gasteiger partial charge in [0.05, 0.1) is 29.5 Å². The maximum Gasteiger partial charge on any atom is 0.410 e. The lowest BCUT2D eigenvalue weighted by molar-refractivity contribution is -0.0132. The number of rotatable bonds is 3. The van der Waals surface area contributed by atoms with Gasteiger partial charge in [-0.2, -0.15) is 0 Å². The number of nitrogens with zero attached hydrogens (tertiary/aromatic N) is 4. The average molecular weight is 457 g/mol. The van der Waals surface area contributed by atoms with Crippen molar-refractivity contribution in [1.82, 2.24) is 14.9 Å². The van der Waals surface area contributed by atoms with Crippen molar-refractivity contribution in [2.24, 2.45) is 0 Å². The summed E-state index contributed by atoms with van der Waals surface area (Å²) in [5.41, 5.74) is 5.78. The molecule has 0 unspecified atom stereocenters. The molecule has 9 heteroatoms. The van der Waals surface area contributed by atoms with E-state index in [0.717, 1.165) is 54.5 Å². The zero-order chi connectivity index (χ0) is 21.7. The number of pyridine rings is 1. The number of alkyl halides is 1. The Morgan fingerprint density at radius 3 is 2.84 bits per heavy atom. The molecule has 2 aromatic heterocycles. The van der Waals surface area contributed by atoms with E-state index in [1.807, 2.05) is 6.20 Å². The lowest BCUT2D eigenvalue weighted by Crippen LogP contribution is -2.50. The minimum absolute atomic E-state index is 0.259. The van der Waals surface area contributed by atoms with E-state index in [-0.39, 0.29) is 12.2 Å². The number of aromatic nitrogens is 2. The molecular weight excluding hydrogens is 431 g/mol. The van der Waals surface area contributed by atoms with Crippen molar-refractivity contribution >= 4 is 34.8 Å². The van der Waals surface area contributed by atoms with Crippen LogP contribution < -0.4 is 4.90 Å². The fraction of sp³-hybridized carbons (Fsp3) is 0.522. The van der Waals surface area contributed by atoms with E-state index in [1.54, 1.807) is 16.2 Å². The molecule has 0 aromatic carbocycles. The lowest BCUT2D eigenvalue weighted by Gasteiger charge is -2.38. The molecule has 2 aromatic rings. The predicted octanol–water partition coefficient (Wildman–Crippen LogP) is 3.47. The SMILES string of the molecule is O=C(OC1CC(F)C1)N1CCN(c2ccnc3c2C=C(c2nc4c(s2)COCC4)C3)CC1. The van der Waals surface area contributed by atoms with E-state index in [1.165, 1.54) is 16.1 Å². The second-order valence-electron chi connectivity index (χ2n) is 8.78. The van der Waals surface area contributed by atoms with Crippen LogP contribution in [0.2, 0.25) is 0 Å². The Kier molecular flexibility index (Phi) is 5.10. The quantitative estimate of drug-likeness (QED) is 0.705. The molecule has 168 valence electrons. The van der Waals surface area contributed by atoms with Crippen LogP contribution in [0.3, 0.4) is 0 Å². The summed E-state index contributed by atoms with van der Waals surface area (Å²) in [7, 11) is 0. The fourth-order valence-electron chi connectivity index (χ4n) is 4.73. The van der Waals surface area contributed by atoms with Crippen LogP contribution in [0.15, 0.2) is 12.3 Å². The van der Waals surface area contributed by atoms with Crippen molar-refractivity contribution in [3.8, 4) is 0 Å². The minimum Gasteiger partial charge on any atom is -0.446 e. The van der Waals surface area contributed by atoms with Crippen LogP contribution in [0, 0.1) is 0 Å². The zero-order valence-corrected chi connectivity index (χ0v) is 18.6. The number of anilines is 1. The second kappa shape index (κ2) is 8.12. The summed E-state index contributed by atoms with van der Waals surface area (Å²) in [4.78, 5) is 27.1. The van der Waals surface area contributed by atoms with E-state index < -0.39 is 6.17 Å². The first-order valence-corrected chi connectivity index (χ1v) is 12.1. The van der Waals surface area contributed by atoms with Crippen LogP contribution in [0.25, 0.3) is 11.6 Å². The molecule has 1 amide bonds. The van der Waals surface area contributed by atoms with Gasteiger partial charge in [0.2, 0.25) is 0 Å². The molecular formula is C23H25FN4O3S. The van der Waals surface area contributed by atoms with Crippen LogP contribution in [0.1, 0.15) is 39.7 Å². The largest absolute Gasteiger partial charge is 0.446 e. The van der Waals surface area contributed by atoms with Crippen LogP contribution >= 0.6 is 11.3 Å². The highest BCUT2D eigenvalue weighted by Crippen LogP contribution is 2.39. The third-order valence-corrected chi connectivity index (χ3v) is 7.83. The van der Waals surface area contributed by atoms with Gasteiger partial charge in [0.25, 0.3) is 0 Å². The summed E-state index contributed by atoms with van der Waals surface area (Å²) in [5.74, 6) is 0. The number of amides is 1. The van der Waals surface area contributed by atoms with E-state index in [9.17, 15) is 9.18 Å². The average Bonchev–Trinajstić information content (AvgIpc) is 3.42. The summed E-state index contributed by atoms with van der Waals surface area (Å²) < 4.78 is 23.9. The van der Waals surface area contributed by atoms with Crippen LogP contribution in [-0.2, 0) is 28.9 Å². The molecule has 1 saturated heterocycles. The summed E-state index contributed by atoms with van der Waals surface area (Å²) in [6.07, 6.45) is 5.04. The van der Waals surface area contributed by atoms with Crippen molar-refractivity contribution in [1.29, 1.82) is 0 Å². The van der Waals surface area contributed by atoms with Crippen molar-refractivity contribution in [3.63, 3.8) is 0 Å². The number of carbonyl (C=O) groups excluding carboxylic acids is 1. The Bertz CT molecular complexity index is 1050. The van der Waals surface area contributed by atoms with Gasteiger partial charge in [-0.3, -0.25) is 4.98 Å². The Morgan fingerprint density at radius 1 is 1.22 bits per heavy atom. The number of carbonyl (C=O) groups is 1. The number of piperazine rings is 1. The molecule has 7 nitrogen and oxygen atoms in total. The number of fused-ring (bicyclic) bond motifs is 2. The van der Waals surface area contributed by atoms with Gasteiger partial charge in [0.1, 0.15) is 17.3 Å². The van der Waals surface area contributed by atoms with Gasteiger partial charge in [-0.05, 0) is 17.7 Å². The molecule has 32 heavy (non-hydrogen) atoms. The minimum atomic E-state index is -0.820. The smallest absolute Gasteiger partial charge is 0.410 e. The molecule has 2 aliphatic heterocycles. The number of hydrogen-bond acceptors (Lipinski definition) is 7. The second-order valence-corrected chi connectivity index (χ2v) is 9.86. The fourth-order valence-corrected chi connectivity index (χ4v) is 5.79. The zero-order valence-electron chi connectivity index (χ0n) is 17.8. The van der Waals surface area contributed by atoms with Gasteiger partial charge in [0.15, 0.2) is 0 Å². The highest BCUT2D eigenvalue weighted by Gasteiger charge is 2.34. The van der Waals surface area contributed by atoms with E-state index in [0.29, 0.717) is 32.5 Å². The monoisotopic (exact) mass is 456 g/mol. The lowest BCUT2D eigenvalue weighted by atomic mass is 9.94. The maximum atomic E-state index is 13.0. The van der Waals surface area contributed by atoms with Gasteiger partial charge in [0, 0.05) is 69.3 Å². The Morgan fingerprint density at radius 2 is 2.06 bits per heavy atom. The number of thiazole rings is 1. The standard InChI is InChI=1S/C23H25FN4O3S/c24-15-11-16(12-15)31-23(29)28-6-4-27(5-7-28)20-1-3-25-19-10-14(9-17(19)20)22-26-18-2-8-30-13-21(18)32-22/h1,3,9,15-16H,2,4-8,10-13H2. The van der Waals surface area contributed by atoms with E-state index >= 15 is 0 Å². The Labute approximate surface area is 189 Å². The van der Waals surface area contributed by atoms with Crippen molar-refractivity contribution < 1.29 is 18.7 Å². The highest BCUT2D eigenvalue weighted by molar-refractivity contribution is 7.12. The summed E-state index contributed by atoms with van der Waals surface area (Å²) in [6.45, 7) is 4.06. The van der Waals surface area contributed by atoms with Crippen LogP contribution in [-0.4, -0.2) is 66.0 Å². The number of halogens is 1. The third-order valence-electron chi connectivity index (χ3n) is 6.68. The Balaban J connectivity index is 1.15. The summed E-state index contributed by atoms with van der Waals surface area (Å²) in [6, 6.07) is 2.06. The Hall–Kier alpha value is -2.52. The van der Waals surface area contributed by atoms with E-state index in [4.69, 9.17) is 14.5 Å². The van der Waals surface area contributed by atoms with Crippen LogP contribution in [0.5, 0.6) is 0 Å². The molecule has 0 radical (unpaired) electrons. The topological polar surface area (TPSA) is 67.8 Å². The molecule has 1 saturated carbocycles. The highest BCUT2D eigenvalue weighted by atomic mass is 32.1. The summed E-state index contributed by atoms with van der Waals surface area (Å²) in [5, 5.41) is 1.07. The van der Waals surface area contributed by atoms with Gasteiger partial charge in [-0.15, -0.1) is 11.3 Å². The first kappa shape index (κ1) is 20.1. The first-order chi connectivity index (χ1) is 15.6. The number of allylic oxidation sites excluding steroid dienone is 1. The van der Waals surface area contributed by atoms with Gasteiger partial charge < -0.3 is 19.3 Å². The molecule has 0 N–H and O–H groups in total. The van der Waals surface area contributed by atoms with Crippen molar-refractivity contribution in [3.05, 3.63) is 39.1 Å².